The standard InChI is InChI=1S/C21H22F2N2O3/c1-12(2)11-28-15-5-3-4-13(8-15)16-10-24-20(26)19(16)21(27)25-18-7-6-14(22)9-17(18)23/h3-9,12,16,19H,10-11H2,1-2H3,(H,24,26)(H,25,27)/t16-,19-/m1/s1. The number of carbonyl (C=O) groups is 2. The molecule has 0 radical (unpaired) electrons. The lowest BCUT2D eigenvalue weighted by molar-refractivity contribution is -0.130. The fourth-order valence-electron chi connectivity index (χ4n) is 3.13. The number of hydrogen-bond donors (Lipinski definition) is 2. The maximum atomic E-state index is 13.8. The Labute approximate surface area is 162 Å². The molecule has 0 bridgehead atoms. The first kappa shape index (κ1) is 19.8. The van der Waals surface area contributed by atoms with Crippen LogP contribution in [0.5, 0.6) is 5.75 Å². The minimum Gasteiger partial charge on any atom is -0.493 e. The molecule has 5 nitrogen and oxygen atoms in total. The van der Waals surface area contributed by atoms with Crippen LogP contribution in [0.4, 0.5) is 14.5 Å². The van der Waals surface area contributed by atoms with Crippen molar-refractivity contribution in [3.63, 3.8) is 0 Å². The predicted molar refractivity (Wildman–Crippen MR) is 101 cm³/mol. The number of anilines is 1. The van der Waals surface area contributed by atoms with Gasteiger partial charge in [0.2, 0.25) is 11.8 Å². The monoisotopic (exact) mass is 388 g/mol. The van der Waals surface area contributed by atoms with Crippen molar-refractivity contribution >= 4 is 17.5 Å². The van der Waals surface area contributed by atoms with E-state index < -0.39 is 35.3 Å². The normalized spacial score (nSPS) is 18.8. The molecule has 1 saturated heterocycles. The molecule has 1 aliphatic heterocycles. The van der Waals surface area contributed by atoms with E-state index in [1.54, 1.807) is 0 Å². The summed E-state index contributed by atoms with van der Waals surface area (Å²) in [7, 11) is 0. The summed E-state index contributed by atoms with van der Waals surface area (Å²) < 4.78 is 32.6. The summed E-state index contributed by atoms with van der Waals surface area (Å²) in [4.78, 5) is 25.0. The fraction of sp³-hybridized carbons (Fsp3) is 0.333. The third-order valence-electron chi connectivity index (χ3n) is 4.52. The summed E-state index contributed by atoms with van der Waals surface area (Å²) >= 11 is 0. The fourth-order valence-corrected chi connectivity index (χ4v) is 3.13. The van der Waals surface area contributed by atoms with Crippen LogP contribution in [-0.2, 0) is 9.59 Å². The first-order valence-corrected chi connectivity index (χ1v) is 9.11. The summed E-state index contributed by atoms with van der Waals surface area (Å²) in [6.07, 6.45) is 0. The van der Waals surface area contributed by atoms with Crippen molar-refractivity contribution in [3.05, 3.63) is 59.7 Å². The molecule has 0 spiro atoms. The third-order valence-corrected chi connectivity index (χ3v) is 4.52. The number of benzene rings is 2. The third kappa shape index (κ3) is 4.47. The highest BCUT2D eigenvalue weighted by Gasteiger charge is 2.41. The van der Waals surface area contributed by atoms with E-state index in [4.69, 9.17) is 4.74 Å². The molecule has 0 aliphatic carbocycles. The molecular formula is C21H22F2N2O3. The van der Waals surface area contributed by atoms with Crippen LogP contribution < -0.4 is 15.4 Å². The van der Waals surface area contributed by atoms with Crippen molar-refractivity contribution in [2.75, 3.05) is 18.5 Å². The van der Waals surface area contributed by atoms with Gasteiger partial charge in [0.05, 0.1) is 12.3 Å². The van der Waals surface area contributed by atoms with E-state index in [1.807, 2.05) is 38.1 Å². The highest BCUT2D eigenvalue weighted by Crippen LogP contribution is 2.32. The maximum absolute atomic E-state index is 13.8. The summed E-state index contributed by atoms with van der Waals surface area (Å²) in [5, 5.41) is 5.08. The van der Waals surface area contributed by atoms with E-state index in [-0.39, 0.29) is 12.2 Å². The summed E-state index contributed by atoms with van der Waals surface area (Å²) in [5.41, 5.74) is 0.609. The summed E-state index contributed by atoms with van der Waals surface area (Å²) in [5.74, 6) is -3.13. The molecule has 0 unspecified atom stereocenters. The van der Waals surface area contributed by atoms with Crippen LogP contribution in [-0.4, -0.2) is 25.0 Å². The predicted octanol–water partition coefficient (Wildman–Crippen LogP) is 3.47. The number of halogens is 2. The van der Waals surface area contributed by atoms with Crippen LogP contribution in [0.2, 0.25) is 0 Å². The van der Waals surface area contributed by atoms with Crippen molar-refractivity contribution in [3.8, 4) is 5.75 Å². The van der Waals surface area contributed by atoms with Crippen molar-refractivity contribution in [2.45, 2.75) is 19.8 Å². The molecule has 2 atom stereocenters. The zero-order valence-corrected chi connectivity index (χ0v) is 15.7. The first-order valence-electron chi connectivity index (χ1n) is 9.11. The second-order valence-corrected chi connectivity index (χ2v) is 7.22. The smallest absolute Gasteiger partial charge is 0.237 e. The zero-order valence-electron chi connectivity index (χ0n) is 15.7. The number of amides is 2. The SMILES string of the molecule is CC(C)COc1cccc([C@H]2CNC(=O)[C@@H]2C(=O)Nc2ccc(F)cc2F)c1. The van der Waals surface area contributed by atoms with Crippen LogP contribution in [0.3, 0.4) is 0 Å². The van der Waals surface area contributed by atoms with Gasteiger partial charge in [-0.05, 0) is 35.7 Å². The van der Waals surface area contributed by atoms with E-state index in [9.17, 15) is 18.4 Å². The largest absolute Gasteiger partial charge is 0.493 e. The molecule has 2 aromatic rings. The molecule has 3 rings (SSSR count). The van der Waals surface area contributed by atoms with E-state index in [2.05, 4.69) is 10.6 Å². The maximum Gasteiger partial charge on any atom is 0.237 e. The van der Waals surface area contributed by atoms with Gasteiger partial charge >= 0.3 is 0 Å². The number of carbonyl (C=O) groups excluding carboxylic acids is 2. The van der Waals surface area contributed by atoms with Crippen molar-refractivity contribution in [1.82, 2.24) is 5.32 Å². The molecule has 0 saturated carbocycles. The number of hydrogen-bond acceptors (Lipinski definition) is 3. The summed E-state index contributed by atoms with van der Waals surface area (Å²) in [6.45, 7) is 4.92. The second-order valence-electron chi connectivity index (χ2n) is 7.22. The van der Waals surface area contributed by atoms with Crippen LogP contribution in [0.1, 0.15) is 25.3 Å². The van der Waals surface area contributed by atoms with Crippen LogP contribution in [0.25, 0.3) is 0 Å². The molecule has 148 valence electrons. The van der Waals surface area contributed by atoms with Gasteiger partial charge in [-0.3, -0.25) is 9.59 Å². The highest BCUT2D eigenvalue weighted by molar-refractivity contribution is 6.08. The average molecular weight is 388 g/mol. The Kier molecular flexibility index (Phi) is 5.92. The number of ether oxygens (including phenoxy) is 1. The molecular weight excluding hydrogens is 366 g/mol. The first-order chi connectivity index (χ1) is 13.3. The zero-order chi connectivity index (χ0) is 20.3. The van der Waals surface area contributed by atoms with Gasteiger partial charge in [0.25, 0.3) is 0 Å². The van der Waals surface area contributed by atoms with Crippen LogP contribution in [0.15, 0.2) is 42.5 Å². The molecule has 1 fully saturated rings. The minimum absolute atomic E-state index is 0.168. The Bertz CT molecular complexity index is 886. The molecule has 2 N–H and O–H groups in total. The Morgan fingerprint density at radius 3 is 2.75 bits per heavy atom. The quantitative estimate of drug-likeness (QED) is 0.745. The van der Waals surface area contributed by atoms with Crippen LogP contribution >= 0.6 is 0 Å². The lowest BCUT2D eigenvalue weighted by atomic mass is 9.87. The Morgan fingerprint density at radius 1 is 1.25 bits per heavy atom. The Hall–Kier alpha value is -2.96. The van der Waals surface area contributed by atoms with Gasteiger partial charge in [0.15, 0.2) is 0 Å². The minimum atomic E-state index is -1.02. The van der Waals surface area contributed by atoms with Gasteiger partial charge < -0.3 is 15.4 Å². The molecule has 1 aliphatic rings. The molecule has 2 amide bonds. The topological polar surface area (TPSA) is 67.4 Å². The highest BCUT2D eigenvalue weighted by atomic mass is 19.1. The van der Waals surface area contributed by atoms with Gasteiger partial charge in [0, 0.05) is 18.5 Å². The average Bonchev–Trinajstić information content (AvgIpc) is 3.04. The summed E-state index contributed by atoms with van der Waals surface area (Å²) in [6, 6.07) is 10.1. The lowest BCUT2D eigenvalue weighted by Crippen LogP contribution is -2.32. The second kappa shape index (κ2) is 8.37. The van der Waals surface area contributed by atoms with Gasteiger partial charge in [0.1, 0.15) is 23.3 Å². The molecule has 2 aromatic carbocycles. The van der Waals surface area contributed by atoms with E-state index in [0.29, 0.717) is 24.3 Å². The van der Waals surface area contributed by atoms with Gasteiger partial charge in [-0.1, -0.05) is 26.0 Å². The van der Waals surface area contributed by atoms with E-state index in [0.717, 1.165) is 17.7 Å². The molecule has 28 heavy (non-hydrogen) atoms. The van der Waals surface area contributed by atoms with Crippen molar-refractivity contribution in [1.29, 1.82) is 0 Å². The van der Waals surface area contributed by atoms with Gasteiger partial charge in [-0.25, -0.2) is 8.78 Å². The van der Waals surface area contributed by atoms with E-state index in [1.165, 1.54) is 0 Å². The van der Waals surface area contributed by atoms with Crippen molar-refractivity contribution < 1.29 is 23.1 Å². The van der Waals surface area contributed by atoms with E-state index >= 15 is 0 Å². The number of rotatable bonds is 6. The number of nitrogens with one attached hydrogen (secondary N) is 2. The Morgan fingerprint density at radius 2 is 2.04 bits per heavy atom. The lowest BCUT2D eigenvalue weighted by Gasteiger charge is -2.18. The molecule has 1 heterocycles. The van der Waals surface area contributed by atoms with Crippen molar-refractivity contribution in [2.24, 2.45) is 11.8 Å². The molecule has 7 heteroatoms. The Balaban J connectivity index is 1.79. The van der Waals surface area contributed by atoms with Gasteiger partial charge in [-0.2, -0.15) is 0 Å². The van der Waals surface area contributed by atoms with Crippen LogP contribution in [0, 0.1) is 23.5 Å². The molecule has 0 aromatic heterocycles. The van der Waals surface area contributed by atoms with Gasteiger partial charge in [-0.15, -0.1) is 0 Å².